The number of nitrogens with zero attached hydrogens (tertiary/aromatic N) is 5. The summed E-state index contributed by atoms with van der Waals surface area (Å²) in [6.07, 6.45) is 4.67. The Labute approximate surface area is 289 Å². The largest absolute Gasteiger partial charge is 0.481 e. The molecule has 0 spiro atoms. The Hall–Kier alpha value is -7.75. The van der Waals surface area contributed by atoms with Crippen LogP contribution in [0, 0.1) is 5.92 Å². The molecule has 0 radical (unpaired) electrons. The number of nitrogens with one attached hydrogen (secondary N) is 3. The van der Waals surface area contributed by atoms with Crippen molar-refractivity contribution in [3.05, 3.63) is 116 Å². The van der Waals surface area contributed by atoms with E-state index in [2.05, 4.69) is 15.3 Å². The minimum absolute atomic E-state index is 0.00424. The van der Waals surface area contributed by atoms with E-state index in [0.717, 1.165) is 0 Å². The van der Waals surface area contributed by atoms with Gasteiger partial charge in [-0.2, -0.15) is 0 Å². The molecule has 0 amide bonds. The zero-order valence-electron chi connectivity index (χ0n) is 26.2. The maximum Gasteiger partial charge on any atom is 0.335 e. The van der Waals surface area contributed by atoms with Crippen molar-refractivity contribution in [1.82, 2.24) is 9.97 Å². The van der Waals surface area contributed by atoms with Crippen LogP contribution in [0.4, 0.5) is 17.5 Å². The molecule has 2 aromatic heterocycles. The Bertz CT molecular complexity index is 2850. The molecule has 7 N–H and O–H groups in total. The summed E-state index contributed by atoms with van der Waals surface area (Å²) in [4.78, 5) is 78.2. The van der Waals surface area contributed by atoms with E-state index < -0.39 is 29.8 Å². The second-order valence-corrected chi connectivity index (χ2v) is 12.1. The first-order chi connectivity index (χ1) is 25.0. The smallest absolute Gasteiger partial charge is 0.335 e. The van der Waals surface area contributed by atoms with Gasteiger partial charge in [-0.1, -0.05) is 18.2 Å². The summed E-state index contributed by atoms with van der Waals surface area (Å²) in [5.41, 5.74) is 2.43. The van der Waals surface area contributed by atoms with E-state index in [0.29, 0.717) is 49.6 Å². The number of amidine groups is 4. The third kappa shape index (κ3) is 4.66. The number of aromatic amines is 2. The topological polar surface area (TPSA) is 255 Å². The lowest BCUT2D eigenvalue weighted by Gasteiger charge is -2.09. The number of hydrogen-bond donors (Lipinski definition) is 7. The van der Waals surface area contributed by atoms with Crippen LogP contribution in [0.15, 0.2) is 85.6 Å². The molecule has 0 saturated heterocycles. The summed E-state index contributed by atoms with van der Waals surface area (Å²) < 4.78 is 0. The average Bonchev–Trinajstić information content (AvgIpc) is 3.85. The van der Waals surface area contributed by atoms with Crippen molar-refractivity contribution in [2.75, 3.05) is 5.32 Å². The Morgan fingerprint density at radius 1 is 0.596 bits per heavy atom. The normalized spacial score (nSPS) is 16.2. The minimum Gasteiger partial charge on any atom is -0.481 e. The number of carbonyl (C=O) groups is 4. The molecular weight excluding hydrogens is 672 g/mol. The number of hydrogen-bond acceptors (Lipinski definition) is 10. The lowest BCUT2D eigenvalue weighted by molar-refractivity contribution is -0.138. The highest BCUT2D eigenvalue weighted by Crippen LogP contribution is 2.37. The molecule has 8 bridgehead atoms. The number of H-pyrrole nitrogens is 2. The van der Waals surface area contributed by atoms with E-state index in [1.54, 1.807) is 24.3 Å². The van der Waals surface area contributed by atoms with Crippen LogP contribution in [0.3, 0.4) is 0 Å². The van der Waals surface area contributed by atoms with Crippen LogP contribution >= 0.6 is 0 Å². The lowest BCUT2D eigenvalue weighted by Crippen LogP contribution is -2.29. The maximum absolute atomic E-state index is 12.0. The molecule has 4 aliphatic rings. The Morgan fingerprint density at radius 2 is 1.19 bits per heavy atom. The summed E-state index contributed by atoms with van der Waals surface area (Å²) in [7, 11) is 0. The summed E-state index contributed by atoms with van der Waals surface area (Å²) in [6, 6.07) is 13.2. The van der Waals surface area contributed by atoms with Crippen LogP contribution in [0.2, 0.25) is 0 Å². The van der Waals surface area contributed by atoms with E-state index in [-0.39, 0.29) is 57.2 Å². The standard InChI is InChI=1S/C36H20N8O8/c45-33(46)13-1-5-17-21(9-13)29-37-25(17)41-30-22-10-14(34(47)48)2-6-18(22)27(38-30)43-32-24-12-16(36(51)52)4-8-20(24)28(40-32)44-31-23-11-15(35(49)50)3-7-19(23)26(39-31)42-29/h1-13,40H,(H,45,46)(H,47,48)(H,49,50)(H,51,52)(H,38,41,43)(H,37,39,42,44). The first-order valence-electron chi connectivity index (χ1n) is 15.5. The fourth-order valence-corrected chi connectivity index (χ4v) is 6.50. The number of anilines is 1. The maximum atomic E-state index is 12.0. The van der Waals surface area contributed by atoms with E-state index in [9.17, 15) is 39.6 Å². The quantitative estimate of drug-likeness (QED) is 0.145. The highest BCUT2D eigenvalue weighted by atomic mass is 16.4. The molecule has 16 heteroatoms. The number of aliphatic imine (C=N–C) groups is 4. The van der Waals surface area contributed by atoms with E-state index in [1.165, 1.54) is 48.6 Å². The number of carboxylic acid groups (broad SMARTS) is 4. The third-order valence-electron chi connectivity index (χ3n) is 9.01. The van der Waals surface area contributed by atoms with Gasteiger partial charge >= 0.3 is 23.9 Å². The van der Waals surface area contributed by atoms with Crippen molar-refractivity contribution in [2.24, 2.45) is 30.9 Å². The Balaban J connectivity index is 1.38. The zero-order chi connectivity index (χ0) is 36.0. The molecule has 5 heterocycles. The highest BCUT2D eigenvalue weighted by Gasteiger charge is 2.29. The van der Waals surface area contributed by atoms with Crippen molar-refractivity contribution in [3.63, 3.8) is 0 Å². The second-order valence-electron chi connectivity index (χ2n) is 12.1. The predicted molar refractivity (Wildman–Crippen MR) is 187 cm³/mol. The van der Waals surface area contributed by atoms with Crippen molar-refractivity contribution >= 4 is 87.6 Å². The van der Waals surface area contributed by atoms with Gasteiger partial charge in [-0.25, -0.2) is 39.3 Å². The van der Waals surface area contributed by atoms with E-state index in [1.807, 2.05) is 0 Å². The lowest BCUT2D eigenvalue weighted by atomic mass is 10.00. The number of benzene rings is 3. The van der Waals surface area contributed by atoms with E-state index in [4.69, 9.17) is 25.0 Å². The van der Waals surface area contributed by atoms with Gasteiger partial charge in [-0.3, -0.25) is 4.79 Å². The molecule has 5 aromatic rings. The number of aromatic nitrogens is 2. The van der Waals surface area contributed by atoms with Gasteiger partial charge in [0.05, 0.1) is 22.6 Å². The van der Waals surface area contributed by atoms with Crippen LogP contribution in [-0.2, 0) is 4.79 Å². The Morgan fingerprint density at radius 3 is 1.88 bits per heavy atom. The van der Waals surface area contributed by atoms with Gasteiger partial charge in [0.2, 0.25) is 0 Å². The SMILES string of the molecule is O=C(O)c1ccc2c(c1)C1=Nc3[nH]c(c4cc(C(=O)O)ccc34)N=C3N=C(Nc4[nH]c(c5c4C=CC(C(=O)O)C=5)=NC2=N1)c1cc(C(=O)O)ccc13. The van der Waals surface area contributed by atoms with Gasteiger partial charge in [0.15, 0.2) is 17.5 Å². The fraction of sp³-hybridized carbons (Fsp3) is 0.0278. The summed E-state index contributed by atoms with van der Waals surface area (Å²) in [5, 5.41) is 43.8. The van der Waals surface area contributed by atoms with Crippen molar-refractivity contribution in [1.29, 1.82) is 0 Å². The number of fused-ring (bicyclic) bond motifs is 18. The third-order valence-corrected chi connectivity index (χ3v) is 9.01. The van der Waals surface area contributed by atoms with Crippen LogP contribution in [-0.4, -0.2) is 77.6 Å². The number of rotatable bonds is 4. The van der Waals surface area contributed by atoms with E-state index >= 15 is 0 Å². The molecule has 1 unspecified atom stereocenters. The number of aliphatic carboxylic acids is 1. The van der Waals surface area contributed by atoms with Crippen molar-refractivity contribution in [2.45, 2.75) is 0 Å². The van der Waals surface area contributed by atoms with Crippen LogP contribution in [0.1, 0.15) is 58.9 Å². The van der Waals surface area contributed by atoms with Gasteiger partial charge in [-0.15, -0.1) is 0 Å². The van der Waals surface area contributed by atoms with Crippen LogP contribution in [0.5, 0.6) is 0 Å². The molecule has 1 atom stereocenters. The van der Waals surface area contributed by atoms with Gasteiger partial charge in [0.1, 0.15) is 28.8 Å². The Kier molecular flexibility index (Phi) is 6.34. The molecule has 252 valence electrons. The first kappa shape index (κ1) is 30.3. The second kappa shape index (κ2) is 10.9. The van der Waals surface area contributed by atoms with Crippen molar-refractivity contribution < 1.29 is 39.6 Å². The zero-order valence-corrected chi connectivity index (χ0v) is 26.2. The molecule has 0 saturated carbocycles. The summed E-state index contributed by atoms with van der Waals surface area (Å²) >= 11 is 0. The molecule has 9 rings (SSSR count). The fourth-order valence-electron chi connectivity index (χ4n) is 6.50. The predicted octanol–water partition coefficient (Wildman–Crippen LogP) is 3.52. The van der Waals surface area contributed by atoms with Gasteiger partial charge in [0.25, 0.3) is 0 Å². The molecule has 0 fully saturated rings. The highest BCUT2D eigenvalue weighted by molar-refractivity contribution is 6.28. The van der Waals surface area contributed by atoms with Gasteiger partial charge in [-0.05, 0) is 54.6 Å². The molecule has 16 nitrogen and oxygen atoms in total. The number of aromatic carboxylic acids is 3. The van der Waals surface area contributed by atoms with Crippen molar-refractivity contribution in [3.8, 4) is 0 Å². The van der Waals surface area contributed by atoms with Gasteiger partial charge in [0, 0.05) is 43.8 Å². The molecule has 1 aliphatic carbocycles. The monoisotopic (exact) mass is 692 g/mol. The average molecular weight is 693 g/mol. The van der Waals surface area contributed by atoms with Crippen LogP contribution < -0.4 is 16.0 Å². The number of carboxylic acids is 4. The summed E-state index contributed by atoms with van der Waals surface area (Å²) in [6.45, 7) is 0. The molecule has 3 aliphatic heterocycles. The first-order valence-corrected chi connectivity index (χ1v) is 15.5. The molecular formula is C36H20N8O8. The molecule has 3 aromatic carbocycles. The molecule has 52 heavy (non-hydrogen) atoms. The minimum atomic E-state index is -1.17. The van der Waals surface area contributed by atoms with Gasteiger partial charge < -0.3 is 35.7 Å². The van der Waals surface area contributed by atoms with Crippen LogP contribution in [0.25, 0.3) is 22.9 Å². The summed E-state index contributed by atoms with van der Waals surface area (Å²) in [5.74, 6) is -4.11.